The van der Waals surface area contributed by atoms with E-state index in [2.05, 4.69) is 20.6 Å². The Labute approximate surface area is 147 Å². The van der Waals surface area contributed by atoms with Crippen molar-refractivity contribution in [2.24, 2.45) is 0 Å². The van der Waals surface area contributed by atoms with Crippen molar-refractivity contribution in [3.63, 3.8) is 0 Å². The standard InChI is InChI=1S/C20H20N4O/c1-14-6-8-16(9-7-14)11-21-19(25)17-12-22-20(23-13-17)24-18-5-3-4-15(2)10-18/h3-10,12-13H,11H2,1-2H3,(H,21,25)(H,22,23,24). The van der Waals surface area contributed by atoms with Crippen molar-refractivity contribution in [2.45, 2.75) is 20.4 Å². The molecule has 0 aliphatic heterocycles. The van der Waals surface area contributed by atoms with Gasteiger partial charge >= 0.3 is 0 Å². The Kier molecular flexibility index (Phi) is 5.04. The van der Waals surface area contributed by atoms with Crippen LogP contribution in [0.3, 0.4) is 0 Å². The molecule has 0 aliphatic carbocycles. The Hall–Kier alpha value is -3.21. The van der Waals surface area contributed by atoms with Crippen molar-refractivity contribution in [2.75, 3.05) is 5.32 Å². The van der Waals surface area contributed by atoms with Gasteiger partial charge in [-0.1, -0.05) is 42.0 Å². The molecule has 1 amide bonds. The zero-order chi connectivity index (χ0) is 17.6. The third-order valence-corrected chi connectivity index (χ3v) is 3.76. The minimum absolute atomic E-state index is 0.192. The van der Waals surface area contributed by atoms with Gasteiger partial charge in [0.15, 0.2) is 0 Å². The van der Waals surface area contributed by atoms with Crippen LogP contribution in [0.15, 0.2) is 60.9 Å². The fraction of sp³-hybridized carbons (Fsp3) is 0.150. The van der Waals surface area contributed by atoms with E-state index >= 15 is 0 Å². The maximum atomic E-state index is 12.2. The van der Waals surface area contributed by atoms with Crippen molar-refractivity contribution >= 4 is 17.5 Å². The Morgan fingerprint density at radius 3 is 2.36 bits per heavy atom. The third kappa shape index (κ3) is 4.64. The fourth-order valence-electron chi connectivity index (χ4n) is 2.35. The lowest BCUT2D eigenvalue weighted by Crippen LogP contribution is -2.23. The van der Waals surface area contributed by atoms with Gasteiger partial charge in [-0.05, 0) is 37.1 Å². The molecule has 0 saturated heterocycles. The van der Waals surface area contributed by atoms with Crippen LogP contribution in [0.25, 0.3) is 0 Å². The minimum atomic E-state index is -0.192. The first-order valence-electron chi connectivity index (χ1n) is 8.09. The third-order valence-electron chi connectivity index (χ3n) is 3.76. The zero-order valence-corrected chi connectivity index (χ0v) is 14.3. The number of hydrogen-bond acceptors (Lipinski definition) is 4. The SMILES string of the molecule is Cc1ccc(CNC(=O)c2cnc(Nc3cccc(C)c3)nc2)cc1. The van der Waals surface area contributed by atoms with Crippen LogP contribution in [-0.4, -0.2) is 15.9 Å². The first kappa shape index (κ1) is 16.6. The molecule has 5 nitrogen and oxygen atoms in total. The smallest absolute Gasteiger partial charge is 0.254 e. The highest BCUT2D eigenvalue weighted by Crippen LogP contribution is 2.14. The van der Waals surface area contributed by atoms with Crippen LogP contribution in [0, 0.1) is 13.8 Å². The monoisotopic (exact) mass is 332 g/mol. The van der Waals surface area contributed by atoms with E-state index < -0.39 is 0 Å². The lowest BCUT2D eigenvalue weighted by molar-refractivity contribution is 0.0950. The number of aromatic nitrogens is 2. The quantitative estimate of drug-likeness (QED) is 0.746. The zero-order valence-electron chi connectivity index (χ0n) is 14.3. The summed E-state index contributed by atoms with van der Waals surface area (Å²) in [5, 5.41) is 5.99. The van der Waals surface area contributed by atoms with Crippen LogP contribution in [0.1, 0.15) is 27.0 Å². The van der Waals surface area contributed by atoms with Gasteiger partial charge in [0.05, 0.1) is 5.56 Å². The van der Waals surface area contributed by atoms with E-state index in [4.69, 9.17) is 0 Å². The molecule has 25 heavy (non-hydrogen) atoms. The molecular weight excluding hydrogens is 312 g/mol. The molecule has 1 aromatic heterocycles. The molecule has 0 fully saturated rings. The number of aryl methyl sites for hydroxylation is 2. The summed E-state index contributed by atoms with van der Waals surface area (Å²) in [4.78, 5) is 20.6. The second-order valence-corrected chi connectivity index (χ2v) is 5.96. The highest BCUT2D eigenvalue weighted by atomic mass is 16.1. The number of anilines is 2. The summed E-state index contributed by atoms with van der Waals surface area (Å²) in [5.41, 5.74) is 4.74. The van der Waals surface area contributed by atoms with E-state index in [1.54, 1.807) is 0 Å². The average Bonchev–Trinajstić information content (AvgIpc) is 2.62. The van der Waals surface area contributed by atoms with Gasteiger partial charge in [-0.15, -0.1) is 0 Å². The number of carbonyl (C=O) groups is 1. The van der Waals surface area contributed by atoms with E-state index in [0.717, 1.165) is 16.8 Å². The molecule has 2 aromatic carbocycles. The van der Waals surface area contributed by atoms with Gasteiger partial charge < -0.3 is 10.6 Å². The summed E-state index contributed by atoms with van der Waals surface area (Å²) in [6.45, 7) is 4.53. The van der Waals surface area contributed by atoms with E-state index in [0.29, 0.717) is 18.1 Å². The van der Waals surface area contributed by atoms with Gasteiger partial charge in [0.1, 0.15) is 0 Å². The number of amides is 1. The second kappa shape index (κ2) is 7.57. The Morgan fingerprint density at radius 1 is 0.960 bits per heavy atom. The first-order valence-corrected chi connectivity index (χ1v) is 8.09. The van der Waals surface area contributed by atoms with Crippen LogP contribution in [0.5, 0.6) is 0 Å². The summed E-state index contributed by atoms with van der Waals surface area (Å²) in [7, 11) is 0. The summed E-state index contributed by atoms with van der Waals surface area (Å²) in [5.74, 6) is 0.267. The molecule has 0 spiro atoms. The number of nitrogens with zero attached hydrogens (tertiary/aromatic N) is 2. The predicted molar refractivity (Wildman–Crippen MR) is 98.8 cm³/mol. The molecule has 0 radical (unpaired) electrons. The highest BCUT2D eigenvalue weighted by Gasteiger charge is 2.07. The highest BCUT2D eigenvalue weighted by molar-refractivity contribution is 5.93. The molecule has 0 atom stereocenters. The molecule has 0 saturated carbocycles. The topological polar surface area (TPSA) is 66.9 Å². The van der Waals surface area contributed by atoms with E-state index in [1.807, 2.05) is 62.4 Å². The van der Waals surface area contributed by atoms with Crippen LogP contribution in [0.2, 0.25) is 0 Å². The largest absolute Gasteiger partial charge is 0.348 e. The Morgan fingerprint density at radius 2 is 1.68 bits per heavy atom. The summed E-state index contributed by atoms with van der Waals surface area (Å²) in [6.07, 6.45) is 3.05. The number of benzene rings is 2. The molecule has 126 valence electrons. The normalized spacial score (nSPS) is 10.3. The van der Waals surface area contributed by atoms with Crippen LogP contribution in [-0.2, 0) is 6.54 Å². The van der Waals surface area contributed by atoms with Gasteiger partial charge in [0, 0.05) is 24.6 Å². The second-order valence-electron chi connectivity index (χ2n) is 5.96. The van der Waals surface area contributed by atoms with Crippen molar-refractivity contribution in [3.05, 3.63) is 83.2 Å². The van der Waals surface area contributed by atoms with Crippen molar-refractivity contribution in [3.8, 4) is 0 Å². The summed E-state index contributed by atoms with van der Waals surface area (Å²) >= 11 is 0. The van der Waals surface area contributed by atoms with Crippen LogP contribution < -0.4 is 10.6 Å². The Bertz CT molecular complexity index is 858. The molecule has 5 heteroatoms. The lowest BCUT2D eigenvalue weighted by Gasteiger charge is -2.07. The van der Waals surface area contributed by atoms with Gasteiger partial charge in [0.2, 0.25) is 5.95 Å². The average molecular weight is 332 g/mol. The lowest BCUT2D eigenvalue weighted by atomic mass is 10.1. The van der Waals surface area contributed by atoms with Crippen molar-refractivity contribution < 1.29 is 4.79 Å². The molecule has 0 bridgehead atoms. The fourth-order valence-corrected chi connectivity index (χ4v) is 2.35. The van der Waals surface area contributed by atoms with Crippen molar-refractivity contribution in [1.82, 2.24) is 15.3 Å². The van der Waals surface area contributed by atoms with Crippen LogP contribution in [0.4, 0.5) is 11.6 Å². The molecule has 3 aromatic rings. The van der Waals surface area contributed by atoms with Gasteiger partial charge in [-0.25, -0.2) is 9.97 Å². The van der Waals surface area contributed by atoms with Gasteiger partial charge in [0.25, 0.3) is 5.91 Å². The number of carbonyl (C=O) groups excluding carboxylic acids is 1. The molecule has 1 heterocycles. The number of nitrogens with one attached hydrogen (secondary N) is 2. The summed E-state index contributed by atoms with van der Waals surface area (Å²) in [6, 6.07) is 16.0. The van der Waals surface area contributed by atoms with Crippen LogP contribution >= 0.6 is 0 Å². The van der Waals surface area contributed by atoms with E-state index in [-0.39, 0.29) is 5.91 Å². The number of hydrogen-bond donors (Lipinski definition) is 2. The maximum absolute atomic E-state index is 12.2. The maximum Gasteiger partial charge on any atom is 0.254 e. The number of rotatable bonds is 5. The predicted octanol–water partition coefficient (Wildman–Crippen LogP) is 3.77. The summed E-state index contributed by atoms with van der Waals surface area (Å²) < 4.78 is 0. The Balaban J connectivity index is 1.59. The molecule has 2 N–H and O–H groups in total. The van der Waals surface area contributed by atoms with E-state index in [9.17, 15) is 4.79 Å². The van der Waals surface area contributed by atoms with E-state index in [1.165, 1.54) is 18.0 Å². The molecular formula is C20H20N4O. The van der Waals surface area contributed by atoms with Crippen molar-refractivity contribution in [1.29, 1.82) is 0 Å². The molecule has 3 rings (SSSR count). The van der Waals surface area contributed by atoms with Gasteiger partial charge in [-0.2, -0.15) is 0 Å². The first-order chi connectivity index (χ1) is 12.1. The molecule has 0 aliphatic rings. The van der Waals surface area contributed by atoms with Gasteiger partial charge in [-0.3, -0.25) is 4.79 Å². The minimum Gasteiger partial charge on any atom is -0.348 e. The molecule has 0 unspecified atom stereocenters.